The molecule has 0 spiro atoms. The van der Waals surface area contributed by atoms with Crippen LogP contribution in [-0.4, -0.2) is 33.3 Å². The second-order valence-corrected chi connectivity index (χ2v) is 5.96. The van der Waals surface area contributed by atoms with Crippen LogP contribution in [0, 0.1) is 5.92 Å². The Morgan fingerprint density at radius 3 is 2.60 bits per heavy atom. The lowest BCUT2D eigenvalue weighted by Gasteiger charge is -2.14. The fourth-order valence-corrected chi connectivity index (χ4v) is 2.51. The molecule has 0 radical (unpaired) electrons. The molecule has 112 valence electrons. The second kappa shape index (κ2) is 7.78. The molecule has 2 amide bonds. The average molecular weight is 300 g/mol. The summed E-state index contributed by atoms with van der Waals surface area (Å²) >= 11 is 1.33. The first-order valence-electron chi connectivity index (χ1n) is 6.52. The van der Waals surface area contributed by atoms with Gasteiger partial charge in [0, 0.05) is 12.5 Å². The van der Waals surface area contributed by atoms with Gasteiger partial charge in [0.1, 0.15) is 5.01 Å². The van der Waals surface area contributed by atoms with Crippen molar-refractivity contribution < 1.29 is 14.7 Å². The molecule has 1 aromatic heterocycles. The molecule has 0 saturated heterocycles. The lowest BCUT2D eigenvalue weighted by molar-refractivity contribution is -0.137. The SMILES string of the molecule is CCC(CC(=O)O)NC(=O)Nc1nnc(CC(C)C)s1. The summed E-state index contributed by atoms with van der Waals surface area (Å²) in [6.07, 6.45) is 1.27. The van der Waals surface area contributed by atoms with Gasteiger partial charge in [0.2, 0.25) is 5.13 Å². The summed E-state index contributed by atoms with van der Waals surface area (Å²) in [5.74, 6) is -0.461. The highest BCUT2D eigenvalue weighted by Crippen LogP contribution is 2.18. The maximum absolute atomic E-state index is 11.7. The molecular weight excluding hydrogens is 280 g/mol. The van der Waals surface area contributed by atoms with Crippen LogP contribution >= 0.6 is 11.3 Å². The molecular formula is C12H20N4O3S. The van der Waals surface area contributed by atoms with Gasteiger partial charge in [-0.1, -0.05) is 32.1 Å². The Bertz CT molecular complexity index is 461. The van der Waals surface area contributed by atoms with Crippen molar-refractivity contribution in [1.82, 2.24) is 15.5 Å². The van der Waals surface area contributed by atoms with Crippen molar-refractivity contribution in [2.45, 2.75) is 46.1 Å². The van der Waals surface area contributed by atoms with Crippen LogP contribution in [0.3, 0.4) is 0 Å². The Labute approximate surface area is 121 Å². The van der Waals surface area contributed by atoms with E-state index in [0.717, 1.165) is 11.4 Å². The van der Waals surface area contributed by atoms with Crippen molar-refractivity contribution >= 4 is 28.5 Å². The standard InChI is InChI=1S/C12H20N4O3S/c1-4-8(6-10(17)18)13-11(19)14-12-16-15-9(20-12)5-7(2)3/h7-8H,4-6H2,1-3H3,(H,17,18)(H2,13,14,16,19). The number of carboxylic acid groups (broad SMARTS) is 1. The smallest absolute Gasteiger partial charge is 0.321 e. The van der Waals surface area contributed by atoms with E-state index in [1.165, 1.54) is 11.3 Å². The van der Waals surface area contributed by atoms with Gasteiger partial charge in [0.15, 0.2) is 0 Å². The van der Waals surface area contributed by atoms with Crippen LogP contribution in [0.2, 0.25) is 0 Å². The number of anilines is 1. The molecule has 8 heteroatoms. The lowest BCUT2D eigenvalue weighted by atomic mass is 10.1. The van der Waals surface area contributed by atoms with Crippen molar-refractivity contribution in [1.29, 1.82) is 0 Å². The molecule has 20 heavy (non-hydrogen) atoms. The number of carbonyl (C=O) groups is 2. The van der Waals surface area contributed by atoms with Crippen LogP contribution in [0.1, 0.15) is 38.6 Å². The largest absolute Gasteiger partial charge is 0.481 e. The molecule has 0 aliphatic carbocycles. The van der Waals surface area contributed by atoms with Crippen molar-refractivity contribution in [3.05, 3.63) is 5.01 Å². The van der Waals surface area contributed by atoms with Crippen LogP contribution in [0.15, 0.2) is 0 Å². The summed E-state index contributed by atoms with van der Waals surface area (Å²) in [5.41, 5.74) is 0. The summed E-state index contributed by atoms with van der Waals surface area (Å²) < 4.78 is 0. The first-order valence-corrected chi connectivity index (χ1v) is 7.34. The summed E-state index contributed by atoms with van der Waals surface area (Å²) in [5, 5.41) is 23.1. The number of aromatic nitrogens is 2. The summed E-state index contributed by atoms with van der Waals surface area (Å²) in [6, 6.07) is -0.846. The first kappa shape index (κ1) is 16.4. The van der Waals surface area contributed by atoms with E-state index in [0.29, 0.717) is 17.5 Å². The molecule has 1 unspecified atom stereocenters. The molecule has 0 fully saturated rings. The quantitative estimate of drug-likeness (QED) is 0.715. The maximum Gasteiger partial charge on any atom is 0.321 e. The number of nitrogens with zero attached hydrogens (tertiary/aromatic N) is 2. The highest BCUT2D eigenvalue weighted by atomic mass is 32.1. The number of urea groups is 1. The van der Waals surface area contributed by atoms with Gasteiger partial charge in [-0.15, -0.1) is 10.2 Å². The number of carbonyl (C=O) groups excluding carboxylic acids is 1. The average Bonchev–Trinajstić information content (AvgIpc) is 2.73. The Hall–Kier alpha value is -1.70. The third-order valence-corrected chi connectivity index (χ3v) is 3.38. The van der Waals surface area contributed by atoms with E-state index in [-0.39, 0.29) is 6.42 Å². The third kappa shape index (κ3) is 5.96. The number of aliphatic carboxylic acids is 1. The van der Waals surface area contributed by atoms with Gasteiger partial charge in [-0.2, -0.15) is 0 Å². The van der Waals surface area contributed by atoms with Gasteiger partial charge < -0.3 is 10.4 Å². The summed E-state index contributed by atoms with van der Waals surface area (Å²) in [7, 11) is 0. The Kier molecular flexibility index (Phi) is 6.37. The highest BCUT2D eigenvalue weighted by molar-refractivity contribution is 7.15. The van der Waals surface area contributed by atoms with E-state index in [9.17, 15) is 9.59 Å². The molecule has 0 saturated carbocycles. The summed E-state index contributed by atoms with van der Waals surface area (Å²) in [6.45, 7) is 5.98. The fourth-order valence-electron chi connectivity index (χ4n) is 1.56. The second-order valence-electron chi connectivity index (χ2n) is 4.90. The van der Waals surface area contributed by atoms with Crippen LogP contribution in [0.4, 0.5) is 9.93 Å². The number of carboxylic acids is 1. The van der Waals surface area contributed by atoms with Crippen LogP contribution in [-0.2, 0) is 11.2 Å². The van der Waals surface area contributed by atoms with Crippen LogP contribution < -0.4 is 10.6 Å². The molecule has 0 aliphatic heterocycles. The highest BCUT2D eigenvalue weighted by Gasteiger charge is 2.15. The first-order chi connectivity index (χ1) is 9.40. The van der Waals surface area contributed by atoms with Crippen molar-refractivity contribution in [2.24, 2.45) is 5.92 Å². The van der Waals surface area contributed by atoms with Crippen LogP contribution in [0.5, 0.6) is 0 Å². The molecule has 0 aliphatic rings. The number of hydrogen-bond acceptors (Lipinski definition) is 5. The number of rotatable bonds is 7. The number of hydrogen-bond donors (Lipinski definition) is 3. The Morgan fingerprint density at radius 2 is 2.05 bits per heavy atom. The zero-order valence-electron chi connectivity index (χ0n) is 11.8. The van der Waals surface area contributed by atoms with E-state index in [4.69, 9.17) is 5.11 Å². The Balaban J connectivity index is 2.48. The van der Waals surface area contributed by atoms with Crippen molar-refractivity contribution in [3.8, 4) is 0 Å². The van der Waals surface area contributed by atoms with Crippen molar-refractivity contribution in [2.75, 3.05) is 5.32 Å². The number of amides is 2. The van der Waals surface area contributed by atoms with E-state index >= 15 is 0 Å². The maximum atomic E-state index is 11.7. The topological polar surface area (TPSA) is 104 Å². The van der Waals surface area contributed by atoms with E-state index < -0.39 is 18.0 Å². The van der Waals surface area contributed by atoms with E-state index in [1.807, 2.05) is 6.92 Å². The van der Waals surface area contributed by atoms with Gasteiger partial charge >= 0.3 is 12.0 Å². The normalized spacial score (nSPS) is 12.2. The fraction of sp³-hybridized carbons (Fsp3) is 0.667. The molecule has 1 aromatic rings. The Morgan fingerprint density at radius 1 is 1.35 bits per heavy atom. The van der Waals surface area contributed by atoms with E-state index in [2.05, 4.69) is 34.7 Å². The zero-order valence-corrected chi connectivity index (χ0v) is 12.7. The van der Waals surface area contributed by atoms with E-state index in [1.54, 1.807) is 0 Å². The molecule has 3 N–H and O–H groups in total. The van der Waals surface area contributed by atoms with Gasteiger partial charge in [-0.25, -0.2) is 4.79 Å². The minimum atomic E-state index is -0.938. The molecule has 0 aromatic carbocycles. The van der Waals surface area contributed by atoms with Gasteiger partial charge in [0.25, 0.3) is 0 Å². The zero-order chi connectivity index (χ0) is 15.1. The monoisotopic (exact) mass is 300 g/mol. The minimum absolute atomic E-state index is 0.0986. The molecule has 1 rings (SSSR count). The van der Waals surface area contributed by atoms with Crippen LogP contribution in [0.25, 0.3) is 0 Å². The predicted octanol–water partition coefficient (Wildman–Crippen LogP) is 2.11. The lowest BCUT2D eigenvalue weighted by Crippen LogP contribution is -2.38. The van der Waals surface area contributed by atoms with Gasteiger partial charge in [-0.3, -0.25) is 10.1 Å². The molecule has 0 bridgehead atoms. The van der Waals surface area contributed by atoms with Gasteiger partial charge in [-0.05, 0) is 12.3 Å². The molecule has 1 atom stereocenters. The van der Waals surface area contributed by atoms with Gasteiger partial charge in [0.05, 0.1) is 6.42 Å². The molecule has 1 heterocycles. The minimum Gasteiger partial charge on any atom is -0.481 e. The van der Waals surface area contributed by atoms with Crippen molar-refractivity contribution in [3.63, 3.8) is 0 Å². The molecule has 7 nitrogen and oxygen atoms in total. The third-order valence-electron chi connectivity index (χ3n) is 2.52. The summed E-state index contributed by atoms with van der Waals surface area (Å²) in [4.78, 5) is 22.3. The number of nitrogens with one attached hydrogen (secondary N) is 2. The predicted molar refractivity (Wildman–Crippen MR) is 76.9 cm³/mol.